The van der Waals surface area contributed by atoms with Crippen LogP contribution in [-0.4, -0.2) is 73.0 Å². The zero-order chi connectivity index (χ0) is 16.1. The number of benzene rings is 1. The zero-order valence-corrected chi connectivity index (χ0v) is 14.3. The number of piperidine rings is 1. The van der Waals surface area contributed by atoms with Crippen LogP contribution < -0.4 is 0 Å². The summed E-state index contributed by atoms with van der Waals surface area (Å²) in [4.78, 5) is 4.95. The van der Waals surface area contributed by atoms with E-state index in [2.05, 4.69) is 47.2 Å². The third-order valence-electron chi connectivity index (χ3n) is 5.27. The predicted octanol–water partition coefficient (Wildman–Crippen LogP) is 1.78. The van der Waals surface area contributed by atoms with Crippen LogP contribution in [0.15, 0.2) is 30.3 Å². The second-order valence-electron chi connectivity index (χ2n) is 7.21. The highest BCUT2D eigenvalue weighted by Crippen LogP contribution is 2.32. The molecule has 2 aliphatic rings. The lowest BCUT2D eigenvalue weighted by atomic mass is 9.88. The molecule has 1 spiro atoms. The first-order valence-corrected chi connectivity index (χ1v) is 8.93. The fraction of sp³-hybridized carbons (Fsp3) is 0.684. The number of ether oxygens (including phenoxy) is 1. The summed E-state index contributed by atoms with van der Waals surface area (Å²) in [5, 5.41) is 9.21. The van der Waals surface area contributed by atoms with E-state index in [4.69, 9.17) is 4.74 Å². The summed E-state index contributed by atoms with van der Waals surface area (Å²) in [5.74, 6) is 0. The summed E-state index contributed by atoms with van der Waals surface area (Å²) in [6, 6.07) is 10.7. The van der Waals surface area contributed by atoms with Gasteiger partial charge in [-0.05, 0) is 38.3 Å². The molecule has 0 radical (unpaired) electrons. The lowest BCUT2D eigenvalue weighted by Gasteiger charge is -2.49. The molecule has 1 atom stereocenters. The van der Waals surface area contributed by atoms with E-state index in [1.807, 2.05) is 0 Å². The number of aliphatic hydroxyl groups is 1. The van der Waals surface area contributed by atoms with E-state index in [0.717, 1.165) is 58.4 Å². The van der Waals surface area contributed by atoms with Gasteiger partial charge < -0.3 is 19.6 Å². The third kappa shape index (κ3) is 4.54. The van der Waals surface area contributed by atoms with E-state index in [9.17, 15) is 5.11 Å². The SMILES string of the molecule is CN1C[C@@H](CCO)OC2(CCN(CCc3ccccc3)CC2)C1. The zero-order valence-electron chi connectivity index (χ0n) is 14.3. The monoisotopic (exact) mass is 318 g/mol. The number of rotatable bonds is 5. The van der Waals surface area contributed by atoms with Crippen LogP contribution in [0.2, 0.25) is 0 Å². The van der Waals surface area contributed by atoms with Crippen LogP contribution in [0.3, 0.4) is 0 Å². The molecule has 4 heteroatoms. The van der Waals surface area contributed by atoms with E-state index < -0.39 is 0 Å². The topological polar surface area (TPSA) is 35.9 Å². The maximum absolute atomic E-state index is 9.21. The minimum Gasteiger partial charge on any atom is -0.396 e. The minimum absolute atomic E-state index is 0.0100. The van der Waals surface area contributed by atoms with Gasteiger partial charge >= 0.3 is 0 Å². The molecule has 2 fully saturated rings. The van der Waals surface area contributed by atoms with Gasteiger partial charge in [-0.25, -0.2) is 0 Å². The highest BCUT2D eigenvalue weighted by molar-refractivity contribution is 5.14. The van der Waals surface area contributed by atoms with Crippen LogP contribution in [-0.2, 0) is 11.2 Å². The van der Waals surface area contributed by atoms with Gasteiger partial charge in [0, 0.05) is 39.3 Å². The van der Waals surface area contributed by atoms with Crippen molar-refractivity contribution in [2.75, 3.05) is 46.4 Å². The fourth-order valence-corrected chi connectivity index (χ4v) is 4.02. The molecule has 1 aromatic carbocycles. The molecule has 4 nitrogen and oxygen atoms in total. The lowest BCUT2D eigenvalue weighted by molar-refractivity contribution is -0.174. The molecule has 1 N–H and O–H groups in total. The molecular weight excluding hydrogens is 288 g/mol. The molecule has 0 bridgehead atoms. The Bertz CT molecular complexity index is 472. The van der Waals surface area contributed by atoms with Crippen LogP contribution >= 0.6 is 0 Å². The molecule has 23 heavy (non-hydrogen) atoms. The van der Waals surface area contributed by atoms with Gasteiger partial charge in [0.2, 0.25) is 0 Å². The molecule has 128 valence electrons. The van der Waals surface area contributed by atoms with E-state index in [1.54, 1.807) is 0 Å². The lowest BCUT2D eigenvalue weighted by Crippen LogP contribution is -2.58. The maximum Gasteiger partial charge on any atom is 0.0837 e. The second-order valence-corrected chi connectivity index (χ2v) is 7.21. The quantitative estimate of drug-likeness (QED) is 0.898. The van der Waals surface area contributed by atoms with Crippen LogP contribution in [0.4, 0.5) is 0 Å². The number of aliphatic hydroxyl groups excluding tert-OH is 1. The Morgan fingerprint density at radius 2 is 1.96 bits per heavy atom. The van der Waals surface area contributed by atoms with Gasteiger partial charge in [0.05, 0.1) is 11.7 Å². The second kappa shape index (κ2) is 7.75. The summed E-state index contributed by atoms with van der Waals surface area (Å²) in [6.07, 6.45) is 4.28. The summed E-state index contributed by atoms with van der Waals surface area (Å²) in [7, 11) is 2.18. The molecule has 1 aromatic rings. The molecule has 2 saturated heterocycles. The van der Waals surface area contributed by atoms with Crippen LogP contribution in [0, 0.1) is 0 Å². The van der Waals surface area contributed by atoms with Gasteiger partial charge in [0.1, 0.15) is 0 Å². The van der Waals surface area contributed by atoms with Gasteiger partial charge in [-0.3, -0.25) is 0 Å². The van der Waals surface area contributed by atoms with Crippen LogP contribution in [0.5, 0.6) is 0 Å². The van der Waals surface area contributed by atoms with Gasteiger partial charge in [0.15, 0.2) is 0 Å². The van der Waals surface area contributed by atoms with Gasteiger partial charge in [-0.15, -0.1) is 0 Å². The first-order chi connectivity index (χ1) is 11.2. The van der Waals surface area contributed by atoms with Crippen molar-refractivity contribution in [1.82, 2.24) is 9.80 Å². The molecular formula is C19H30N2O2. The number of likely N-dealkylation sites (tertiary alicyclic amines) is 1. The van der Waals surface area contributed by atoms with E-state index >= 15 is 0 Å². The first-order valence-electron chi connectivity index (χ1n) is 8.93. The van der Waals surface area contributed by atoms with Crippen molar-refractivity contribution < 1.29 is 9.84 Å². The maximum atomic E-state index is 9.21. The summed E-state index contributed by atoms with van der Waals surface area (Å²) in [6.45, 7) is 5.56. The molecule has 2 heterocycles. The number of nitrogens with zero attached hydrogens (tertiary/aromatic N) is 2. The smallest absolute Gasteiger partial charge is 0.0837 e. The Kier molecular flexibility index (Phi) is 5.70. The minimum atomic E-state index is 0.0100. The molecule has 0 unspecified atom stereocenters. The van der Waals surface area contributed by atoms with E-state index in [0.29, 0.717) is 0 Å². The van der Waals surface area contributed by atoms with Crippen LogP contribution in [0.25, 0.3) is 0 Å². The standard InChI is InChI=1S/C19H30N2O2/c1-20-15-18(8-14-22)23-19(16-20)9-12-21(13-10-19)11-7-17-5-3-2-4-6-17/h2-6,18,22H,7-16H2,1H3/t18-/m1/s1. The Morgan fingerprint density at radius 3 is 2.65 bits per heavy atom. The molecule has 0 amide bonds. The fourth-order valence-electron chi connectivity index (χ4n) is 4.02. The van der Waals surface area contributed by atoms with E-state index in [-0.39, 0.29) is 18.3 Å². The Labute approximate surface area is 140 Å². The van der Waals surface area contributed by atoms with Crippen molar-refractivity contribution in [2.24, 2.45) is 0 Å². The summed E-state index contributed by atoms with van der Waals surface area (Å²) in [5.41, 5.74) is 1.43. The number of likely N-dealkylation sites (N-methyl/N-ethyl adjacent to an activating group) is 1. The molecule has 0 aliphatic carbocycles. The van der Waals surface area contributed by atoms with Crippen molar-refractivity contribution >= 4 is 0 Å². The van der Waals surface area contributed by atoms with E-state index in [1.165, 1.54) is 5.56 Å². The highest BCUT2D eigenvalue weighted by atomic mass is 16.5. The number of hydrogen-bond acceptors (Lipinski definition) is 4. The first kappa shape index (κ1) is 16.9. The van der Waals surface area contributed by atoms with Gasteiger partial charge in [-0.2, -0.15) is 0 Å². The van der Waals surface area contributed by atoms with Gasteiger partial charge in [0.25, 0.3) is 0 Å². The van der Waals surface area contributed by atoms with Crippen molar-refractivity contribution in [3.63, 3.8) is 0 Å². The molecule has 2 aliphatic heterocycles. The molecule has 3 rings (SSSR count). The Hall–Kier alpha value is -0.940. The Balaban J connectivity index is 1.49. The van der Waals surface area contributed by atoms with Gasteiger partial charge in [-0.1, -0.05) is 30.3 Å². The summed E-state index contributed by atoms with van der Waals surface area (Å²) >= 11 is 0. The van der Waals surface area contributed by atoms with Crippen molar-refractivity contribution in [1.29, 1.82) is 0 Å². The largest absolute Gasteiger partial charge is 0.396 e. The predicted molar refractivity (Wildman–Crippen MR) is 92.6 cm³/mol. The highest BCUT2D eigenvalue weighted by Gasteiger charge is 2.41. The molecule has 0 aromatic heterocycles. The number of hydrogen-bond donors (Lipinski definition) is 1. The Morgan fingerprint density at radius 1 is 1.22 bits per heavy atom. The van der Waals surface area contributed by atoms with Crippen molar-refractivity contribution in [3.05, 3.63) is 35.9 Å². The van der Waals surface area contributed by atoms with Crippen molar-refractivity contribution in [2.45, 2.75) is 37.4 Å². The third-order valence-corrected chi connectivity index (χ3v) is 5.27. The molecule has 0 saturated carbocycles. The van der Waals surface area contributed by atoms with Crippen LogP contribution in [0.1, 0.15) is 24.8 Å². The average molecular weight is 318 g/mol. The number of morpholine rings is 1. The summed E-state index contributed by atoms with van der Waals surface area (Å²) < 4.78 is 6.41. The van der Waals surface area contributed by atoms with Crippen molar-refractivity contribution in [3.8, 4) is 0 Å². The average Bonchev–Trinajstić information content (AvgIpc) is 2.55. The normalized spacial score (nSPS) is 25.7.